The van der Waals surface area contributed by atoms with E-state index in [1.165, 1.54) is 36.0 Å². The lowest BCUT2D eigenvalue weighted by atomic mass is 10.0. The highest BCUT2D eigenvalue weighted by Gasteiger charge is 1.96. The third kappa shape index (κ3) is 4.30. The Morgan fingerprint density at radius 1 is 0.611 bits per heavy atom. The third-order valence-electron chi connectivity index (χ3n) is 3.18. The molecule has 0 aliphatic rings. The molecule has 0 nitrogen and oxygen atoms in total. The standard InChI is InChI=1S/C17H19Br/c18-14-13-17-11-9-16(10-12-17)8-4-7-15-5-2-1-3-6-15/h1-3,5-6,9-12H,4,7-8,13-14H2. The molecule has 0 atom stereocenters. The van der Waals surface area contributed by atoms with E-state index in [2.05, 4.69) is 70.5 Å². The van der Waals surface area contributed by atoms with Crippen molar-refractivity contribution < 1.29 is 0 Å². The van der Waals surface area contributed by atoms with Crippen LogP contribution in [-0.2, 0) is 19.3 Å². The van der Waals surface area contributed by atoms with Crippen LogP contribution in [0.2, 0.25) is 0 Å². The lowest BCUT2D eigenvalue weighted by Crippen LogP contribution is -1.91. The summed E-state index contributed by atoms with van der Waals surface area (Å²) in [5.41, 5.74) is 4.30. The first-order valence-electron chi connectivity index (χ1n) is 6.56. The van der Waals surface area contributed by atoms with E-state index in [0.29, 0.717) is 0 Å². The van der Waals surface area contributed by atoms with Crippen LogP contribution in [0.5, 0.6) is 0 Å². The number of benzene rings is 2. The zero-order valence-electron chi connectivity index (χ0n) is 10.6. The Balaban J connectivity index is 1.80. The van der Waals surface area contributed by atoms with E-state index in [1.54, 1.807) is 0 Å². The van der Waals surface area contributed by atoms with Crippen molar-refractivity contribution in [1.29, 1.82) is 0 Å². The SMILES string of the molecule is BrCCc1ccc(CCCc2ccccc2)cc1. The van der Waals surface area contributed by atoms with Crippen molar-refractivity contribution >= 4 is 15.9 Å². The minimum atomic E-state index is 1.04. The van der Waals surface area contributed by atoms with Crippen LogP contribution in [0.1, 0.15) is 23.1 Å². The maximum atomic E-state index is 3.47. The molecule has 2 aromatic carbocycles. The van der Waals surface area contributed by atoms with Gasteiger partial charge in [-0.2, -0.15) is 0 Å². The molecule has 0 spiro atoms. The van der Waals surface area contributed by atoms with E-state index in [1.807, 2.05) is 0 Å². The number of hydrogen-bond donors (Lipinski definition) is 0. The Labute approximate surface area is 118 Å². The molecule has 0 aliphatic heterocycles. The van der Waals surface area contributed by atoms with Gasteiger partial charge in [-0.3, -0.25) is 0 Å². The summed E-state index contributed by atoms with van der Waals surface area (Å²) in [7, 11) is 0. The topological polar surface area (TPSA) is 0 Å². The van der Waals surface area contributed by atoms with Gasteiger partial charge in [0.1, 0.15) is 0 Å². The molecule has 0 radical (unpaired) electrons. The van der Waals surface area contributed by atoms with E-state index >= 15 is 0 Å². The minimum absolute atomic E-state index is 1.04. The quantitative estimate of drug-likeness (QED) is 0.672. The molecule has 2 aromatic rings. The van der Waals surface area contributed by atoms with Crippen molar-refractivity contribution in [2.75, 3.05) is 5.33 Å². The van der Waals surface area contributed by atoms with Gasteiger partial charge in [0, 0.05) is 5.33 Å². The van der Waals surface area contributed by atoms with Crippen molar-refractivity contribution in [3.05, 3.63) is 71.3 Å². The number of alkyl halides is 1. The van der Waals surface area contributed by atoms with E-state index in [4.69, 9.17) is 0 Å². The molecule has 2 rings (SSSR count). The second-order valence-corrected chi connectivity index (χ2v) is 5.39. The number of aryl methyl sites for hydroxylation is 3. The number of rotatable bonds is 6. The predicted molar refractivity (Wildman–Crippen MR) is 82.4 cm³/mol. The zero-order valence-corrected chi connectivity index (χ0v) is 12.2. The van der Waals surface area contributed by atoms with Crippen LogP contribution < -0.4 is 0 Å². The molecule has 0 unspecified atom stereocenters. The molecule has 94 valence electrons. The Morgan fingerprint density at radius 3 is 1.67 bits per heavy atom. The number of halogens is 1. The first kappa shape index (κ1) is 13.4. The van der Waals surface area contributed by atoms with Crippen LogP contribution in [0.3, 0.4) is 0 Å². The van der Waals surface area contributed by atoms with Crippen LogP contribution in [0.4, 0.5) is 0 Å². The Kier molecular flexibility index (Phi) is 5.47. The van der Waals surface area contributed by atoms with Crippen molar-refractivity contribution in [3.8, 4) is 0 Å². The summed E-state index contributed by atoms with van der Waals surface area (Å²) in [4.78, 5) is 0. The van der Waals surface area contributed by atoms with Crippen molar-refractivity contribution in [2.45, 2.75) is 25.7 Å². The van der Waals surface area contributed by atoms with Crippen LogP contribution in [-0.4, -0.2) is 5.33 Å². The smallest absolute Gasteiger partial charge is 0.00718 e. The second-order valence-electron chi connectivity index (χ2n) is 4.59. The molecule has 18 heavy (non-hydrogen) atoms. The summed E-state index contributed by atoms with van der Waals surface area (Å²) in [6, 6.07) is 19.8. The van der Waals surface area contributed by atoms with Gasteiger partial charge in [-0.1, -0.05) is 70.5 Å². The lowest BCUT2D eigenvalue weighted by molar-refractivity contribution is 0.820. The van der Waals surface area contributed by atoms with Gasteiger partial charge in [0.2, 0.25) is 0 Å². The zero-order chi connectivity index (χ0) is 12.6. The molecule has 0 heterocycles. The third-order valence-corrected chi connectivity index (χ3v) is 3.58. The second kappa shape index (κ2) is 7.38. The monoisotopic (exact) mass is 302 g/mol. The van der Waals surface area contributed by atoms with Gasteiger partial charge in [0.15, 0.2) is 0 Å². The van der Waals surface area contributed by atoms with E-state index in [0.717, 1.165) is 11.8 Å². The summed E-state index contributed by atoms with van der Waals surface area (Å²) in [6.45, 7) is 0. The van der Waals surface area contributed by atoms with E-state index in [-0.39, 0.29) is 0 Å². The van der Waals surface area contributed by atoms with Gasteiger partial charge in [-0.05, 0) is 42.4 Å². The molecule has 0 aromatic heterocycles. The summed E-state index contributed by atoms with van der Waals surface area (Å²) >= 11 is 3.47. The Bertz CT molecular complexity index is 445. The highest BCUT2D eigenvalue weighted by atomic mass is 79.9. The average molecular weight is 303 g/mol. The highest BCUT2D eigenvalue weighted by molar-refractivity contribution is 9.09. The first-order chi connectivity index (χ1) is 8.88. The van der Waals surface area contributed by atoms with Crippen molar-refractivity contribution in [1.82, 2.24) is 0 Å². The number of hydrogen-bond acceptors (Lipinski definition) is 0. The highest BCUT2D eigenvalue weighted by Crippen LogP contribution is 2.10. The molecular weight excluding hydrogens is 284 g/mol. The van der Waals surface area contributed by atoms with Gasteiger partial charge >= 0.3 is 0 Å². The molecule has 0 saturated carbocycles. The average Bonchev–Trinajstić information content (AvgIpc) is 2.42. The van der Waals surface area contributed by atoms with Crippen LogP contribution in [0.25, 0.3) is 0 Å². The Hall–Kier alpha value is -1.08. The first-order valence-corrected chi connectivity index (χ1v) is 7.68. The molecule has 0 amide bonds. The fraction of sp³-hybridized carbons (Fsp3) is 0.294. The molecular formula is C17H19Br. The van der Waals surface area contributed by atoms with Crippen LogP contribution >= 0.6 is 15.9 Å². The molecule has 0 aliphatic carbocycles. The van der Waals surface area contributed by atoms with Gasteiger partial charge in [0.05, 0.1) is 0 Å². The Morgan fingerprint density at radius 2 is 1.11 bits per heavy atom. The largest absolute Gasteiger partial charge is 0.0924 e. The van der Waals surface area contributed by atoms with Crippen LogP contribution in [0, 0.1) is 0 Å². The summed E-state index contributed by atoms with van der Waals surface area (Å²) in [5.74, 6) is 0. The fourth-order valence-electron chi connectivity index (χ4n) is 2.12. The van der Waals surface area contributed by atoms with Gasteiger partial charge in [-0.25, -0.2) is 0 Å². The van der Waals surface area contributed by atoms with Gasteiger partial charge in [-0.15, -0.1) is 0 Å². The van der Waals surface area contributed by atoms with Gasteiger partial charge < -0.3 is 0 Å². The van der Waals surface area contributed by atoms with E-state index in [9.17, 15) is 0 Å². The minimum Gasteiger partial charge on any atom is -0.0924 e. The normalized spacial score (nSPS) is 10.5. The molecule has 0 fully saturated rings. The molecule has 0 saturated heterocycles. The summed E-state index contributed by atoms with van der Waals surface area (Å²) < 4.78 is 0. The van der Waals surface area contributed by atoms with Crippen molar-refractivity contribution in [3.63, 3.8) is 0 Å². The predicted octanol–water partition coefficient (Wildman–Crippen LogP) is 4.80. The molecule has 0 N–H and O–H groups in total. The molecule has 1 heteroatoms. The van der Waals surface area contributed by atoms with E-state index < -0.39 is 0 Å². The fourth-order valence-corrected chi connectivity index (χ4v) is 2.58. The lowest BCUT2D eigenvalue weighted by Gasteiger charge is -2.04. The van der Waals surface area contributed by atoms with Crippen molar-refractivity contribution in [2.24, 2.45) is 0 Å². The summed E-state index contributed by atoms with van der Waals surface area (Å²) in [6.07, 6.45) is 4.68. The van der Waals surface area contributed by atoms with Gasteiger partial charge in [0.25, 0.3) is 0 Å². The summed E-state index contributed by atoms with van der Waals surface area (Å²) in [5, 5.41) is 1.04. The maximum Gasteiger partial charge on any atom is 0.00718 e. The molecule has 0 bridgehead atoms. The van der Waals surface area contributed by atoms with Crippen LogP contribution in [0.15, 0.2) is 54.6 Å². The maximum absolute atomic E-state index is 3.47.